The van der Waals surface area contributed by atoms with E-state index in [1.54, 1.807) is 25.1 Å². The first-order chi connectivity index (χ1) is 16.5. The number of fused-ring (bicyclic) bond motifs is 1. The molecule has 1 amide bonds. The number of amides is 1. The number of carbonyl (C=O) groups is 1. The predicted octanol–water partition coefficient (Wildman–Crippen LogP) is 5.41. The van der Waals surface area contributed by atoms with Crippen molar-refractivity contribution in [2.75, 3.05) is 14.1 Å². The van der Waals surface area contributed by atoms with Crippen LogP contribution in [0.1, 0.15) is 73.1 Å². The lowest BCUT2D eigenvalue weighted by molar-refractivity contribution is -0.0508. The number of nitrogens with one attached hydrogen (secondary N) is 1. The zero-order chi connectivity index (χ0) is 25.3. The summed E-state index contributed by atoms with van der Waals surface area (Å²) in [6, 6.07) is 10.1. The number of hydrogen-bond donors (Lipinski definition) is 1. The Bertz CT molecular complexity index is 1070. The number of rotatable bonds is 8. The van der Waals surface area contributed by atoms with Gasteiger partial charge in [-0.3, -0.25) is 4.79 Å². The Hall–Kier alpha value is -2.71. The van der Waals surface area contributed by atoms with E-state index < -0.39 is 12.7 Å². The molecule has 0 bridgehead atoms. The number of nitrogens with zero attached hydrogens (tertiary/aromatic N) is 1. The smallest absolute Gasteiger partial charge is 0.387 e. The number of benzene rings is 2. The molecule has 3 atom stereocenters. The van der Waals surface area contributed by atoms with Crippen LogP contribution in [0, 0.1) is 0 Å². The lowest BCUT2D eigenvalue weighted by Gasteiger charge is -2.27. The Labute approximate surface area is 205 Å². The standard InChI is InChI=1S/C27H34F2N2O4/c1-16(30-25(32)17-9-12-21-18(13-17)15-33-27(21,2)3)20-11-10-19(14-24(20)35-26(28)29)34-23-8-6-7-22(23)31(4)5/h9-14,16,22-23,26H,6-8,15H2,1-5H3,(H,30,32)/t16-,22+,23+/m0/s1. The van der Waals surface area contributed by atoms with Crippen LogP contribution in [-0.4, -0.2) is 43.7 Å². The van der Waals surface area contributed by atoms with E-state index >= 15 is 0 Å². The van der Waals surface area contributed by atoms with Crippen LogP contribution in [0.5, 0.6) is 11.5 Å². The monoisotopic (exact) mass is 488 g/mol. The van der Waals surface area contributed by atoms with Crippen molar-refractivity contribution in [3.05, 3.63) is 58.7 Å². The predicted molar refractivity (Wildman–Crippen MR) is 129 cm³/mol. The third-order valence-electron chi connectivity index (χ3n) is 6.99. The van der Waals surface area contributed by atoms with Gasteiger partial charge in [-0.25, -0.2) is 0 Å². The van der Waals surface area contributed by atoms with Crippen LogP contribution in [0.4, 0.5) is 8.78 Å². The van der Waals surface area contributed by atoms with Gasteiger partial charge in [-0.1, -0.05) is 6.07 Å². The second kappa shape index (κ2) is 10.1. The van der Waals surface area contributed by atoms with Crippen LogP contribution in [0.2, 0.25) is 0 Å². The summed E-state index contributed by atoms with van der Waals surface area (Å²) in [5.41, 5.74) is 2.59. The maximum Gasteiger partial charge on any atom is 0.387 e. The van der Waals surface area contributed by atoms with Gasteiger partial charge >= 0.3 is 6.61 Å². The molecule has 35 heavy (non-hydrogen) atoms. The fourth-order valence-electron chi connectivity index (χ4n) is 5.09. The van der Waals surface area contributed by atoms with Gasteiger partial charge in [-0.05, 0) is 89.5 Å². The molecule has 1 fully saturated rings. The number of halogens is 2. The zero-order valence-corrected chi connectivity index (χ0v) is 20.9. The van der Waals surface area contributed by atoms with E-state index in [0.717, 1.165) is 30.4 Å². The van der Waals surface area contributed by atoms with E-state index in [4.69, 9.17) is 14.2 Å². The topological polar surface area (TPSA) is 60.0 Å². The summed E-state index contributed by atoms with van der Waals surface area (Å²) in [4.78, 5) is 15.1. The molecule has 0 unspecified atom stereocenters. The summed E-state index contributed by atoms with van der Waals surface area (Å²) in [6.45, 7) is 3.18. The molecule has 0 saturated heterocycles. The molecule has 0 spiro atoms. The Kier molecular flexibility index (Phi) is 7.33. The molecule has 1 heterocycles. The highest BCUT2D eigenvalue weighted by Crippen LogP contribution is 2.37. The maximum absolute atomic E-state index is 13.2. The second-order valence-electron chi connectivity index (χ2n) is 10.1. The molecular formula is C27H34F2N2O4. The summed E-state index contributed by atoms with van der Waals surface area (Å²) < 4.78 is 43.2. The van der Waals surface area contributed by atoms with Crippen molar-refractivity contribution in [3.8, 4) is 11.5 Å². The van der Waals surface area contributed by atoms with Crippen LogP contribution in [0.15, 0.2) is 36.4 Å². The third-order valence-corrected chi connectivity index (χ3v) is 6.99. The summed E-state index contributed by atoms with van der Waals surface area (Å²) in [6.07, 6.45) is 2.99. The van der Waals surface area contributed by atoms with Crippen LogP contribution in [-0.2, 0) is 16.9 Å². The van der Waals surface area contributed by atoms with E-state index in [2.05, 4.69) is 10.2 Å². The van der Waals surface area contributed by atoms with Crippen molar-refractivity contribution in [2.45, 2.75) is 77.0 Å². The lowest BCUT2D eigenvalue weighted by atomic mass is 9.94. The van der Waals surface area contributed by atoms with Crippen LogP contribution in [0.3, 0.4) is 0 Å². The normalized spacial score (nSPS) is 21.7. The fourth-order valence-corrected chi connectivity index (χ4v) is 5.09. The van der Waals surface area contributed by atoms with Gasteiger partial charge in [0.15, 0.2) is 0 Å². The Morgan fingerprint density at radius 1 is 1.17 bits per heavy atom. The number of carbonyl (C=O) groups excluding carboxylic acids is 1. The molecule has 1 N–H and O–H groups in total. The largest absolute Gasteiger partial charge is 0.489 e. The maximum atomic E-state index is 13.2. The second-order valence-corrected chi connectivity index (χ2v) is 10.1. The Morgan fingerprint density at radius 3 is 2.66 bits per heavy atom. The zero-order valence-electron chi connectivity index (χ0n) is 20.9. The average Bonchev–Trinajstić information content (AvgIpc) is 3.37. The quantitative estimate of drug-likeness (QED) is 0.539. The van der Waals surface area contributed by atoms with E-state index in [9.17, 15) is 13.6 Å². The highest BCUT2D eigenvalue weighted by molar-refractivity contribution is 5.94. The van der Waals surface area contributed by atoms with Gasteiger partial charge in [0.05, 0.1) is 18.2 Å². The number of likely N-dealkylation sites (N-methyl/N-ethyl adjacent to an activating group) is 1. The molecule has 8 heteroatoms. The van der Waals surface area contributed by atoms with Crippen molar-refractivity contribution in [2.24, 2.45) is 0 Å². The van der Waals surface area contributed by atoms with Gasteiger partial charge in [0.25, 0.3) is 5.91 Å². The summed E-state index contributed by atoms with van der Waals surface area (Å²) in [5, 5.41) is 2.90. The molecule has 2 aromatic carbocycles. The van der Waals surface area contributed by atoms with E-state index in [1.807, 2.05) is 40.1 Å². The highest BCUT2D eigenvalue weighted by atomic mass is 19.3. The van der Waals surface area contributed by atoms with Gasteiger partial charge in [0, 0.05) is 23.2 Å². The van der Waals surface area contributed by atoms with Gasteiger partial charge in [-0.15, -0.1) is 0 Å². The van der Waals surface area contributed by atoms with E-state index in [1.165, 1.54) is 6.07 Å². The molecule has 4 rings (SSSR count). The first kappa shape index (κ1) is 25.4. The molecule has 190 valence electrons. The summed E-state index contributed by atoms with van der Waals surface area (Å²) >= 11 is 0. The molecule has 0 aromatic heterocycles. The first-order valence-electron chi connectivity index (χ1n) is 12.0. The minimum absolute atomic E-state index is 0.00574. The van der Waals surface area contributed by atoms with Crippen LogP contribution < -0.4 is 14.8 Å². The molecule has 1 saturated carbocycles. The Morgan fingerprint density at radius 2 is 1.94 bits per heavy atom. The molecule has 0 radical (unpaired) electrons. The summed E-state index contributed by atoms with van der Waals surface area (Å²) in [5.74, 6) is 0.171. The van der Waals surface area contributed by atoms with Crippen LogP contribution >= 0.6 is 0 Å². The lowest BCUT2D eigenvalue weighted by Crippen LogP contribution is -2.38. The Balaban J connectivity index is 1.50. The minimum atomic E-state index is -2.99. The molecular weight excluding hydrogens is 454 g/mol. The third kappa shape index (κ3) is 5.59. The fraction of sp³-hybridized carbons (Fsp3) is 0.519. The number of ether oxygens (including phenoxy) is 3. The first-order valence-corrected chi connectivity index (χ1v) is 12.0. The van der Waals surface area contributed by atoms with Gasteiger partial charge < -0.3 is 24.4 Å². The highest BCUT2D eigenvalue weighted by Gasteiger charge is 2.32. The van der Waals surface area contributed by atoms with E-state index in [-0.39, 0.29) is 29.4 Å². The van der Waals surface area contributed by atoms with E-state index in [0.29, 0.717) is 23.5 Å². The SMILES string of the molecule is C[C@H](NC(=O)c1ccc2c(c1)COC2(C)C)c1ccc(O[C@@H]2CCC[C@H]2N(C)C)cc1OC(F)F. The molecule has 2 aromatic rings. The number of hydrogen-bond acceptors (Lipinski definition) is 5. The van der Waals surface area contributed by atoms with Crippen LogP contribution in [0.25, 0.3) is 0 Å². The molecule has 1 aliphatic heterocycles. The van der Waals surface area contributed by atoms with Crippen molar-refractivity contribution in [1.29, 1.82) is 0 Å². The van der Waals surface area contributed by atoms with Crippen molar-refractivity contribution >= 4 is 5.91 Å². The van der Waals surface area contributed by atoms with Crippen molar-refractivity contribution < 1.29 is 27.8 Å². The minimum Gasteiger partial charge on any atom is -0.489 e. The van der Waals surface area contributed by atoms with Gasteiger partial charge in [-0.2, -0.15) is 8.78 Å². The average molecular weight is 489 g/mol. The van der Waals surface area contributed by atoms with Crippen molar-refractivity contribution in [1.82, 2.24) is 10.2 Å². The molecule has 2 aliphatic rings. The molecule has 6 nitrogen and oxygen atoms in total. The van der Waals surface area contributed by atoms with Gasteiger partial charge in [0.2, 0.25) is 0 Å². The summed E-state index contributed by atoms with van der Waals surface area (Å²) in [7, 11) is 4.03. The van der Waals surface area contributed by atoms with Crippen molar-refractivity contribution in [3.63, 3.8) is 0 Å². The number of alkyl halides is 2. The molecule has 1 aliphatic carbocycles. The van der Waals surface area contributed by atoms with Gasteiger partial charge in [0.1, 0.15) is 17.6 Å².